The van der Waals surface area contributed by atoms with E-state index in [2.05, 4.69) is 49.6 Å². The molecular formula is C12H20N2. The van der Waals surface area contributed by atoms with Crippen molar-refractivity contribution < 1.29 is 0 Å². The quantitative estimate of drug-likeness (QED) is 0.717. The second kappa shape index (κ2) is 5.01. The first-order chi connectivity index (χ1) is 6.65. The summed E-state index contributed by atoms with van der Waals surface area (Å²) in [6.07, 6.45) is 0. The van der Waals surface area contributed by atoms with Crippen molar-refractivity contribution in [2.75, 3.05) is 19.0 Å². The smallest absolute Gasteiger partial charge is 0.0650 e. The lowest BCUT2D eigenvalue weighted by atomic mass is 9.98. The minimum atomic E-state index is 0.605. The number of hydrogen-bond donors (Lipinski definition) is 2. The van der Waals surface area contributed by atoms with Gasteiger partial charge in [-0.3, -0.25) is 0 Å². The van der Waals surface area contributed by atoms with Crippen molar-refractivity contribution in [2.24, 2.45) is 0 Å². The summed E-state index contributed by atoms with van der Waals surface area (Å²) in [5.74, 6) is 0.605. The minimum absolute atomic E-state index is 0.605. The Morgan fingerprint density at radius 3 is 2.50 bits per heavy atom. The highest BCUT2D eigenvalue weighted by Crippen LogP contribution is 2.21. The van der Waals surface area contributed by atoms with Crippen LogP contribution in [0.1, 0.15) is 30.9 Å². The maximum Gasteiger partial charge on any atom is 0.0650 e. The van der Waals surface area contributed by atoms with Gasteiger partial charge in [0.05, 0.1) is 6.67 Å². The van der Waals surface area contributed by atoms with Crippen LogP contribution in [-0.2, 0) is 0 Å². The van der Waals surface area contributed by atoms with Crippen LogP contribution >= 0.6 is 0 Å². The van der Waals surface area contributed by atoms with Crippen LogP contribution in [0.15, 0.2) is 18.2 Å². The predicted octanol–water partition coefficient (Wildman–Crippen LogP) is 2.71. The summed E-state index contributed by atoms with van der Waals surface area (Å²) in [6.45, 7) is 7.42. The van der Waals surface area contributed by atoms with Crippen LogP contribution < -0.4 is 10.6 Å². The Morgan fingerprint density at radius 2 is 2.00 bits per heavy atom. The molecule has 0 saturated carbocycles. The molecule has 0 aromatic heterocycles. The monoisotopic (exact) mass is 192 g/mol. The first-order valence-electron chi connectivity index (χ1n) is 5.14. The fourth-order valence-electron chi connectivity index (χ4n) is 1.62. The van der Waals surface area contributed by atoms with Gasteiger partial charge in [0.15, 0.2) is 0 Å². The maximum absolute atomic E-state index is 3.29. The standard InChI is InChI=1S/C12H20N2/c1-9(2)12-6-5-11(7-10(12)3)14-8-13-4/h5-7,9,13-14H,8H2,1-4H3. The molecule has 0 radical (unpaired) electrons. The van der Waals surface area contributed by atoms with Crippen LogP contribution in [0.3, 0.4) is 0 Å². The molecule has 1 aromatic rings. The molecule has 2 N–H and O–H groups in total. The Kier molecular flexibility index (Phi) is 3.96. The lowest BCUT2D eigenvalue weighted by Crippen LogP contribution is -2.16. The van der Waals surface area contributed by atoms with Crippen LogP contribution in [0.5, 0.6) is 0 Å². The largest absolute Gasteiger partial charge is 0.372 e. The van der Waals surface area contributed by atoms with Crippen molar-refractivity contribution in [3.63, 3.8) is 0 Å². The molecule has 2 heteroatoms. The Bertz CT molecular complexity index is 292. The molecule has 0 aliphatic heterocycles. The number of aryl methyl sites for hydroxylation is 1. The maximum atomic E-state index is 3.29. The third-order valence-electron chi connectivity index (χ3n) is 2.36. The van der Waals surface area contributed by atoms with E-state index in [4.69, 9.17) is 0 Å². The summed E-state index contributed by atoms with van der Waals surface area (Å²) in [7, 11) is 1.93. The van der Waals surface area contributed by atoms with Gasteiger partial charge in [-0.1, -0.05) is 19.9 Å². The molecule has 0 atom stereocenters. The van der Waals surface area contributed by atoms with E-state index in [-0.39, 0.29) is 0 Å². The molecule has 78 valence electrons. The van der Waals surface area contributed by atoms with Gasteiger partial charge in [-0.05, 0) is 43.1 Å². The van der Waals surface area contributed by atoms with Gasteiger partial charge >= 0.3 is 0 Å². The van der Waals surface area contributed by atoms with Gasteiger partial charge in [0.2, 0.25) is 0 Å². The SMILES string of the molecule is CNCNc1ccc(C(C)C)c(C)c1. The molecule has 1 rings (SSSR count). The van der Waals surface area contributed by atoms with E-state index < -0.39 is 0 Å². The molecule has 0 aliphatic carbocycles. The van der Waals surface area contributed by atoms with Gasteiger partial charge < -0.3 is 10.6 Å². The highest BCUT2D eigenvalue weighted by Gasteiger charge is 2.03. The first kappa shape index (κ1) is 11.1. The van der Waals surface area contributed by atoms with Crippen molar-refractivity contribution in [1.82, 2.24) is 5.32 Å². The van der Waals surface area contributed by atoms with E-state index in [1.807, 2.05) is 7.05 Å². The molecule has 1 aromatic carbocycles. The van der Waals surface area contributed by atoms with E-state index in [0.29, 0.717) is 5.92 Å². The van der Waals surface area contributed by atoms with Crippen LogP contribution in [-0.4, -0.2) is 13.7 Å². The Hall–Kier alpha value is -1.02. The van der Waals surface area contributed by atoms with Gasteiger partial charge in [0, 0.05) is 5.69 Å². The predicted molar refractivity (Wildman–Crippen MR) is 62.8 cm³/mol. The second-order valence-corrected chi connectivity index (χ2v) is 3.93. The van der Waals surface area contributed by atoms with E-state index >= 15 is 0 Å². The second-order valence-electron chi connectivity index (χ2n) is 3.93. The van der Waals surface area contributed by atoms with Gasteiger partial charge in [-0.15, -0.1) is 0 Å². The lowest BCUT2D eigenvalue weighted by molar-refractivity contribution is 0.853. The zero-order valence-electron chi connectivity index (χ0n) is 9.52. The molecule has 0 saturated heterocycles. The van der Waals surface area contributed by atoms with Gasteiger partial charge in [-0.2, -0.15) is 0 Å². The number of rotatable bonds is 4. The lowest BCUT2D eigenvalue weighted by Gasteiger charge is -2.12. The fourth-order valence-corrected chi connectivity index (χ4v) is 1.62. The average molecular weight is 192 g/mol. The fraction of sp³-hybridized carbons (Fsp3) is 0.500. The molecule has 0 bridgehead atoms. The molecule has 0 unspecified atom stereocenters. The molecule has 2 nitrogen and oxygen atoms in total. The summed E-state index contributed by atoms with van der Waals surface area (Å²) in [5.41, 5.74) is 3.97. The summed E-state index contributed by atoms with van der Waals surface area (Å²) in [4.78, 5) is 0. The number of anilines is 1. The molecule has 0 amide bonds. The van der Waals surface area contributed by atoms with Crippen molar-refractivity contribution in [3.8, 4) is 0 Å². The first-order valence-corrected chi connectivity index (χ1v) is 5.14. The van der Waals surface area contributed by atoms with Crippen LogP contribution in [0.25, 0.3) is 0 Å². The summed E-state index contributed by atoms with van der Waals surface area (Å²) >= 11 is 0. The van der Waals surface area contributed by atoms with Crippen LogP contribution in [0, 0.1) is 6.92 Å². The van der Waals surface area contributed by atoms with Crippen LogP contribution in [0.2, 0.25) is 0 Å². The highest BCUT2D eigenvalue weighted by molar-refractivity contribution is 5.48. The Balaban J connectivity index is 2.78. The summed E-state index contributed by atoms with van der Waals surface area (Å²) in [6, 6.07) is 6.55. The Morgan fingerprint density at radius 1 is 1.29 bits per heavy atom. The van der Waals surface area contributed by atoms with E-state index in [1.165, 1.54) is 16.8 Å². The number of benzene rings is 1. The molecule has 0 spiro atoms. The average Bonchev–Trinajstić information content (AvgIpc) is 2.14. The van der Waals surface area contributed by atoms with Crippen molar-refractivity contribution in [3.05, 3.63) is 29.3 Å². The molecule has 14 heavy (non-hydrogen) atoms. The normalized spacial score (nSPS) is 10.6. The summed E-state index contributed by atoms with van der Waals surface area (Å²) < 4.78 is 0. The highest BCUT2D eigenvalue weighted by atomic mass is 15.0. The minimum Gasteiger partial charge on any atom is -0.372 e. The summed E-state index contributed by atoms with van der Waals surface area (Å²) in [5, 5.41) is 6.35. The van der Waals surface area contributed by atoms with Crippen LogP contribution in [0.4, 0.5) is 5.69 Å². The zero-order valence-corrected chi connectivity index (χ0v) is 9.52. The number of hydrogen-bond acceptors (Lipinski definition) is 2. The van der Waals surface area contributed by atoms with Gasteiger partial charge in [0.25, 0.3) is 0 Å². The molecule has 0 aliphatic rings. The third-order valence-corrected chi connectivity index (χ3v) is 2.36. The zero-order chi connectivity index (χ0) is 10.6. The molecule has 0 fully saturated rings. The van der Waals surface area contributed by atoms with Crippen molar-refractivity contribution >= 4 is 5.69 Å². The topological polar surface area (TPSA) is 24.1 Å². The van der Waals surface area contributed by atoms with E-state index in [9.17, 15) is 0 Å². The number of nitrogens with one attached hydrogen (secondary N) is 2. The van der Waals surface area contributed by atoms with Gasteiger partial charge in [-0.25, -0.2) is 0 Å². The van der Waals surface area contributed by atoms with E-state index in [0.717, 1.165) is 6.67 Å². The molecular weight excluding hydrogens is 172 g/mol. The van der Waals surface area contributed by atoms with Crippen molar-refractivity contribution in [2.45, 2.75) is 26.7 Å². The third kappa shape index (κ3) is 2.74. The van der Waals surface area contributed by atoms with Gasteiger partial charge in [0.1, 0.15) is 0 Å². The van der Waals surface area contributed by atoms with Crippen molar-refractivity contribution in [1.29, 1.82) is 0 Å². The Labute approximate surface area is 86.7 Å². The molecule has 0 heterocycles. The van der Waals surface area contributed by atoms with E-state index in [1.54, 1.807) is 0 Å².